The molecule has 1 saturated heterocycles. The molecule has 0 spiro atoms. The van der Waals surface area contributed by atoms with Gasteiger partial charge in [-0.25, -0.2) is 17.5 Å². The zero-order valence-corrected chi connectivity index (χ0v) is 15.1. The van der Waals surface area contributed by atoms with Crippen LogP contribution in [0.5, 0.6) is 5.75 Å². The number of hydrogen-bond acceptors (Lipinski definition) is 5. The van der Waals surface area contributed by atoms with Gasteiger partial charge in [-0.15, -0.1) is 0 Å². The third-order valence-electron chi connectivity index (χ3n) is 4.55. The number of carbonyl (C=O) groups is 2. The van der Waals surface area contributed by atoms with Crippen LogP contribution < -0.4 is 10.1 Å². The first-order valence-corrected chi connectivity index (χ1v) is 10.1. The second-order valence-corrected chi connectivity index (χ2v) is 8.81. The molecule has 0 radical (unpaired) electrons. The fourth-order valence-corrected chi connectivity index (χ4v) is 4.85. The molecule has 1 aromatic rings. The molecule has 9 heteroatoms. The van der Waals surface area contributed by atoms with E-state index in [0.717, 1.165) is 12.8 Å². The number of carboxylic acid groups (broad SMARTS) is 1. The third-order valence-corrected chi connectivity index (χ3v) is 6.95. The van der Waals surface area contributed by atoms with Crippen molar-refractivity contribution in [2.45, 2.75) is 37.0 Å². The maximum Gasteiger partial charge on any atom is 0.341 e. The molecular weight excluding hydrogens is 360 g/mol. The Morgan fingerprint density at radius 2 is 1.88 bits per heavy atom. The molecule has 8 nitrogen and oxygen atoms in total. The first-order valence-electron chi connectivity index (χ1n) is 8.61. The van der Waals surface area contributed by atoms with Crippen molar-refractivity contribution in [3.05, 3.63) is 29.8 Å². The van der Waals surface area contributed by atoms with Crippen LogP contribution in [-0.2, 0) is 14.8 Å². The summed E-state index contributed by atoms with van der Waals surface area (Å²) in [4.78, 5) is 22.9. The highest BCUT2D eigenvalue weighted by atomic mass is 32.2. The summed E-state index contributed by atoms with van der Waals surface area (Å²) in [6.45, 7) is 0.371. The normalized spacial score (nSPS) is 19.1. The molecule has 26 heavy (non-hydrogen) atoms. The SMILES string of the molecule is O=C(O)COc1cccc(C(=O)NC2CCN(S(=O)(=O)C3CC3)CC2)c1. The van der Waals surface area contributed by atoms with Crippen molar-refractivity contribution in [2.24, 2.45) is 0 Å². The number of piperidine rings is 1. The van der Waals surface area contributed by atoms with Crippen LogP contribution in [0.15, 0.2) is 24.3 Å². The van der Waals surface area contributed by atoms with E-state index in [1.807, 2.05) is 0 Å². The topological polar surface area (TPSA) is 113 Å². The largest absolute Gasteiger partial charge is 0.482 e. The van der Waals surface area contributed by atoms with Gasteiger partial charge in [-0.05, 0) is 43.9 Å². The molecule has 0 bridgehead atoms. The fourth-order valence-electron chi connectivity index (χ4n) is 2.97. The number of benzene rings is 1. The number of carboxylic acids is 1. The number of amides is 1. The Morgan fingerprint density at radius 3 is 2.50 bits per heavy atom. The predicted octanol–water partition coefficient (Wildman–Crippen LogP) is 0.836. The second-order valence-electron chi connectivity index (χ2n) is 6.60. The van der Waals surface area contributed by atoms with Crippen LogP contribution >= 0.6 is 0 Å². The summed E-state index contributed by atoms with van der Waals surface area (Å²) in [6, 6.07) is 6.23. The Kier molecular flexibility index (Phi) is 5.47. The lowest BCUT2D eigenvalue weighted by molar-refractivity contribution is -0.139. The maximum absolute atomic E-state index is 12.4. The standard InChI is InChI=1S/C17H22N2O6S/c20-16(21)11-25-14-3-1-2-12(10-14)17(22)18-13-6-8-19(9-7-13)26(23,24)15-4-5-15/h1-3,10,13,15H,4-9,11H2,(H,18,22)(H,20,21). The zero-order chi connectivity index (χ0) is 18.7. The number of nitrogens with zero attached hydrogens (tertiary/aromatic N) is 1. The minimum absolute atomic E-state index is 0.0863. The molecule has 1 aliphatic heterocycles. The van der Waals surface area contributed by atoms with E-state index >= 15 is 0 Å². The average Bonchev–Trinajstić information content (AvgIpc) is 3.46. The molecule has 1 saturated carbocycles. The van der Waals surface area contributed by atoms with Gasteiger partial charge in [0.2, 0.25) is 10.0 Å². The molecular formula is C17H22N2O6S. The van der Waals surface area contributed by atoms with Gasteiger partial charge in [0.15, 0.2) is 6.61 Å². The van der Waals surface area contributed by atoms with Gasteiger partial charge in [-0.2, -0.15) is 0 Å². The molecule has 1 aromatic carbocycles. The van der Waals surface area contributed by atoms with Gasteiger partial charge in [0, 0.05) is 24.7 Å². The van der Waals surface area contributed by atoms with Crippen LogP contribution in [0.25, 0.3) is 0 Å². The van der Waals surface area contributed by atoms with Crippen LogP contribution in [-0.4, -0.2) is 60.7 Å². The number of ether oxygens (including phenoxy) is 1. The molecule has 2 fully saturated rings. The Hall–Kier alpha value is -2.13. The highest BCUT2D eigenvalue weighted by Gasteiger charge is 2.41. The number of nitrogens with one attached hydrogen (secondary N) is 1. The van der Waals surface area contributed by atoms with Gasteiger partial charge < -0.3 is 15.2 Å². The van der Waals surface area contributed by atoms with E-state index < -0.39 is 22.6 Å². The van der Waals surface area contributed by atoms with Gasteiger partial charge in [0.05, 0.1) is 5.25 Å². The number of hydrogen-bond donors (Lipinski definition) is 2. The van der Waals surface area contributed by atoms with Crippen molar-refractivity contribution in [3.8, 4) is 5.75 Å². The molecule has 0 aromatic heterocycles. The van der Waals surface area contributed by atoms with Crippen molar-refractivity contribution < 1.29 is 27.9 Å². The lowest BCUT2D eigenvalue weighted by atomic mass is 10.1. The Bertz CT molecular complexity index is 782. The zero-order valence-electron chi connectivity index (χ0n) is 14.3. The Balaban J connectivity index is 1.52. The van der Waals surface area contributed by atoms with Crippen LogP contribution in [0.2, 0.25) is 0 Å². The van der Waals surface area contributed by atoms with Crippen molar-refractivity contribution in [1.29, 1.82) is 0 Å². The fraction of sp³-hybridized carbons (Fsp3) is 0.529. The molecule has 0 unspecified atom stereocenters. The van der Waals surface area contributed by atoms with E-state index in [4.69, 9.17) is 9.84 Å². The summed E-state index contributed by atoms with van der Waals surface area (Å²) in [5, 5.41) is 11.3. The number of rotatable bonds is 7. The molecule has 0 atom stereocenters. The Labute approximate surface area is 152 Å². The quantitative estimate of drug-likeness (QED) is 0.722. The average molecular weight is 382 g/mol. The van der Waals surface area contributed by atoms with Crippen molar-refractivity contribution in [1.82, 2.24) is 9.62 Å². The highest BCUT2D eigenvalue weighted by Crippen LogP contribution is 2.32. The molecule has 2 aliphatic rings. The van der Waals surface area contributed by atoms with Gasteiger partial charge in [-0.1, -0.05) is 6.07 Å². The van der Waals surface area contributed by atoms with Crippen LogP contribution in [0.3, 0.4) is 0 Å². The molecule has 1 aliphatic carbocycles. The molecule has 142 valence electrons. The minimum Gasteiger partial charge on any atom is -0.482 e. The van der Waals surface area contributed by atoms with Crippen LogP contribution in [0.4, 0.5) is 0 Å². The summed E-state index contributed by atoms with van der Waals surface area (Å²) in [6.07, 6.45) is 2.65. The van der Waals surface area contributed by atoms with Gasteiger partial charge in [-0.3, -0.25) is 4.79 Å². The summed E-state index contributed by atoms with van der Waals surface area (Å²) >= 11 is 0. The lowest BCUT2D eigenvalue weighted by Crippen LogP contribution is -2.47. The number of carbonyl (C=O) groups excluding carboxylic acids is 1. The van der Waals surface area contributed by atoms with E-state index in [2.05, 4.69) is 5.32 Å². The number of sulfonamides is 1. The third kappa shape index (κ3) is 4.53. The van der Waals surface area contributed by atoms with E-state index in [-0.39, 0.29) is 17.2 Å². The van der Waals surface area contributed by atoms with Crippen LogP contribution in [0, 0.1) is 0 Å². The molecule has 1 amide bonds. The monoisotopic (exact) mass is 382 g/mol. The Morgan fingerprint density at radius 1 is 1.19 bits per heavy atom. The highest BCUT2D eigenvalue weighted by molar-refractivity contribution is 7.90. The summed E-state index contributed by atoms with van der Waals surface area (Å²) in [5.41, 5.74) is 0.376. The summed E-state index contributed by atoms with van der Waals surface area (Å²) in [7, 11) is -3.16. The number of aliphatic carboxylic acids is 1. The van der Waals surface area contributed by atoms with Crippen molar-refractivity contribution in [2.75, 3.05) is 19.7 Å². The summed E-state index contributed by atoms with van der Waals surface area (Å²) < 4.78 is 31.1. The first kappa shape index (κ1) is 18.7. The van der Waals surface area contributed by atoms with Gasteiger partial charge in [0.25, 0.3) is 5.91 Å². The van der Waals surface area contributed by atoms with Gasteiger partial charge in [0.1, 0.15) is 5.75 Å². The first-order chi connectivity index (χ1) is 12.4. The van der Waals surface area contributed by atoms with E-state index in [9.17, 15) is 18.0 Å². The molecule has 3 rings (SSSR count). The predicted molar refractivity (Wildman–Crippen MR) is 93.6 cm³/mol. The lowest BCUT2D eigenvalue weighted by Gasteiger charge is -2.31. The van der Waals surface area contributed by atoms with E-state index in [0.29, 0.717) is 37.2 Å². The van der Waals surface area contributed by atoms with E-state index in [1.165, 1.54) is 10.4 Å². The van der Waals surface area contributed by atoms with Crippen molar-refractivity contribution >= 4 is 21.9 Å². The molecule has 1 heterocycles. The van der Waals surface area contributed by atoms with Gasteiger partial charge >= 0.3 is 5.97 Å². The minimum atomic E-state index is -3.16. The summed E-state index contributed by atoms with van der Waals surface area (Å²) in [5.74, 6) is -1.06. The molecule has 2 N–H and O–H groups in total. The second kappa shape index (κ2) is 7.63. The van der Waals surface area contributed by atoms with Crippen LogP contribution in [0.1, 0.15) is 36.0 Å². The van der Waals surface area contributed by atoms with Crippen molar-refractivity contribution in [3.63, 3.8) is 0 Å². The van der Waals surface area contributed by atoms with E-state index in [1.54, 1.807) is 18.2 Å². The smallest absolute Gasteiger partial charge is 0.341 e. The maximum atomic E-state index is 12.4.